The zero-order chi connectivity index (χ0) is 68.6. The summed E-state index contributed by atoms with van der Waals surface area (Å²) in [6.45, 7) is 9.50. The van der Waals surface area contributed by atoms with Crippen LogP contribution in [0.2, 0.25) is 0 Å². The Morgan fingerprint density at radius 3 is 0.731 bits per heavy atom. The Balaban J connectivity index is 5.19. The Morgan fingerprint density at radius 2 is 0.495 bits per heavy atom. The molecule has 17 nitrogen and oxygen atoms in total. The topological polar surface area (TPSA) is 237 Å². The number of hydrogen-bond acceptors (Lipinski definition) is 15. The number of hydrogen-bond donors (Lipinski definition) is 3. The van der Waals surface area contributed by atoms with Gasteiger partial charge in [-0.2, -0.15) is 0 Å². The highest BCUT2D eigenvalue weighted by atomic mass is 31.2. The molecule has 0 bridgehead atoms. The standard InChI is InChI=1S/C74H144O17P2/c1-7-9-11-13-15-17-18-19-20-21-24-27-30-34-38-45-51-57-72(77)85-62-69(90-73(78)58-52-46-39-35-31-28-25-22-23-26-29-33-36-42-48-54-66(3)4)64-88-92(80,81)86-60-68(75)61-87-93(82,83)89-65-70(91-74(79)59-53-47-41-40-43-49-55-67(5)6)63-84-71(76)56-50-44-37-32-16-14-12-10-8-2/h66-70,75H,7-65H2,1-6H3,(H,80,81)(H,82,83)/t68-,69-,70-/m1/s1. The molecule has 0 aromatic rings. The van der Waals surface area contributed by atoms with Crippen molar-refractivity contribution in [2.75, 3.05) is 39.6 Å². The number of carbonyl (C=O) groups excluding carboxylic acids is 4. The van der Waals surface area contributed by atoms with E-state index in [1.165, 1.54) is 199 Å². The van der Waals surface area contributed by atoms with Crippen LogP contribution in [0, 0.1) is 11.8 Å². The summed E-state index contributed by atoms with van der Waals surface area (Å²) in [4.78, 5) is 72.6. The van der Waals surface area contributed by atoms with Gasteiger partial charge < -0.3 is 33.8 Å². The first kappa shape index (κ1) is 91.1. The van der Waals surface area contributed by atoms with Gasteiger partial charge in [0.05, 0.1) is 26.4 Å². The fourth-order valence-electron chi connectivity index (χ4n) is 11.3. The molecule has 0 fully saturated rings. The molecule has 0 saturated carbocycles. The molecule has 0 heterocycles. The van der Waals surface area contributed by atoms with Crippen molar-refractivity contribution in [3.05, 3.63) is 0 Å². The molecular weight excluding hydrogens is 1220 g/mol. The van der Waals surface area contributed by atoms with E-state index in [1.54, 1.807) is 0 Å². The molecule has 0 amide bonds. The number of rotatable bonds is 73. The maximum atomic E-state index is 13.1. The van der Waals surface area contributed by atoms with Crippen LogP contribution in [0.5, 0.6) is 0 Å². The molecule has 0 aliphatic rings. The second-order valence-corrected chi connectivity index (χ2v) is 30.5. The van der Waals surface area contributed by atoms with Gasteiger partial charge in [-0.3, -0.25) is 37.3 Å². The molecule has 0 aliphatic heterocycles. The van der Waals surface area contributed by atoms with E-state index >= 15 is 0 Å². The molecular formula is C74H144O17P2. The lowest BCUT2D eigenvalue weighted by molar-refractivity contribution is -0.161. The van der Waals surface area contributed by atoms with Gasteiger partial charge in [0, 0.05) is 25.7 Å². The Kier molecular flexibility index (Phi) is 64.6. The van der Waals surface area contributed by atoms with Gasteiger partial charge in [-0.1, -0.05) is 330 Å². The molecule has 552 valence electrons. The minimum Gasteiger partial charge on any atom is -0.462 e. The largest absolute Gasteiger partial charge is 0.472 e. The molecule has 2 unspecified atom stereocenters. The SMILES string of the molecule is CCCCCCCCCCCCCCCCCCCC(=O)OC[C@H](COP(=O)(O)OC[C@@H](O)COP(=O)(O)OC[C@@H](COC(=O)CCCCCCCCCCC)OC(=O)CCCCCCCCC(C)C)OC(=O)CCCCCCCCCCCCCCCCCC(C)C. The minimum absolute atomic E-state index is 0.102. The molecule has 0 aromatic heterocycles. The van der Waals surface area contributed by atoms with Crippen molar-refractivity contribution in [1.29, 1.82) is 0 Å². The highest BCUT2D eigenvalue weighted by molar-refractivity contribution is 7.47. The summed E-state index contributed by atoms with van der Waals surface area (Å²) in [5.41, 5.74) is 0. The number of unbranched alkanes of at least 4 members (excludes halogenated alkanes) is 43. The zero-order valence-corrected chi connectivity index (χ0v) is 62.3. The molecule has 5 atom stereocenters. The summed E-state index contributed by atoms with van der Waals surface area (Å²) < 4.78 is 68.3. The molecule has 3 N–H and O–H groups in total. The summed E-state index contributed by atoms with van der Waals surface area (Å²) in [7, 11) is -9.90. The van der Waals surface area contributed by atoms with Gasteiger partial charge in [0.2, 0.25) is 0 Å². The van der Waals surface area contributed by atoms with Crippen LogP contribution in [0.3, 0.4) is 0 Å². The van der Waals surface area contributed by atoms with Crippen LogP contribution in [-0.2, 0) is 65.4 Å². The summed E-state index contributed by atoms with van der Waals surface area (Å²) in [6, 6.07) is 0. The van der Waals surface area contributed by atoms with Crippen molar-refractivity contribution >= 4 is 39.5 Å². The van der Waals surface area contributed by atoms with E-state index in [9.17, 15) is 43.2 Å². The van der Waals surface area contributed by atoms with Crippen molar-refractivity contribution in [2.45, 2.75) is 400 Å². The van der Waals surface area contributed by atoms with Crippen LogP contribution < -0.4 is 0 Å². The quantitative estimate of drug-likeness (QED) is 0.0222. The predicted octanol–water partition coefficient (Wildman–Crippen LogP) is 21.6. The third-order valence-corrected chi connectivity index (χ3v) is 19.1. The van der Waals surface area contributed by atoms with Gasteiger partial charge >= 0.3 is 39.5 Å². The first-order chi connectivity index (χ1) is 44.9. The average molecular weight is 1370 g/mol. The molecule has 0 saturated heterocycles. The lowest BCUT2D eigenvalue weighted by Gasteiger charge is -2.21. The molecule has 0 rings (SSSR count). The summed E-state index contributed by atoms with van der Waals surface area (Å²) >= 11 is 0. The Hall–Kier alpha value is -1.94. The zero-order valence-electron chi connectivity index (χ0n) is 60.6. The van der Waals surface area contributed by atoms with Crippen LogP contribution in [0.1, 0.15) is 382 Å². The summed E-state index contributed by atoms with van der Waals surface area (Å²) in [5.74, 6) is -0.652. The van der Waals surface area contributed by atoms with Gasteiger partial charge in [0.1, 0.15) is 19.3 Å². The normalized spacial score (nSPS) is 14.1. The molecule has 0 aliphatic carbocycles. The maximum Gasteiger partial charge on any atom is 0.472 e. The lowest BCUT2D eigenvalue weighted by atomic mass is 10.0. The number of ether oxygens (including phenoxy) is 4. The predicted molar refractivity (Wildman–Crippen MR) is 377 cm³/mol. The summed E-state index contributed by atoms with van der Waals surface area (Å²) in [6.07, 6.45) is 53.0. The van der Waals surface area contributed by atoms with Crippen LogP contribution >= 0.6 is 15.6 Å². The van der Waals surface area contributed by atoms with Crippen molar-refractivity contribution in [2.24, 2.45) is 11.8 Å². The molecule has 93 heavy (non-hydrogen) atoms. The number of esters is 4. The van der Waals surface area contributed by atoms with Gasteiger partial charge in [-0.25, -0.2) is 9.13 Å². The average Bonchev–Trinajstić information content (AvgIpc) is 1.45. The number of carbonyl (C=O) groups is 4. The molecule has 0 radical (unpaired) electrons. The second kappa shape index (κ2) is 66.0. The van der Waals surface area contributed by atoms with Gasteiger partial charge in [0.15, 0.2) is 12.2 Å². The highest BCUT2D eigenvalue weighted by Gasteiger charge is 2.30. The van der Waals surface area contributed by atoms with Crippen LogP contribution in [-0.4, -0.2) is 96.7 Å². The van der Waals surface area contributed by atoms with Crippen LogP contribution in [0.15, 0.2) is 0 Å². The second-order valence-electron chi connectivity index (χ2n) is 27.6. The number of aliphatic hydroxyl groups is 1. The molecule has 19 heteroatoms. The Labute approximate surface area is 568 Å². The first-order valence-electron chi connectivity index (χ1n) is 38.5. The fraction of sp³-hybridized carbons (Fsp3) is 0.946. The van der Waals surface area contributed by atoms with E-state index in [2.05, 4.69) is 41.5 Å². The van der Waals surface area contributed by atoms with Crippen molar-refractivity contribution in [3.8, 4) is 0 Å². The maximum absolute atomic E-state index is 13.1. The third-order valence-electron chi connectivity index (χ3n) is 17.2. The highest BCUT2D eigenvalue weighted by Crippen LogP contribution is 2.45. The number of phosphoric ester groups is 2. The monoisotopic (exact) mass is 1370 g/mol. The van der Waals surface area contributed by atoms with Gasteiger partial charge in [-0.15, -0.1) is 0 Å². The fourth-order valence-corrected chi connectivity index (χ4v) is 12.9. The Morgan fingerprint density at radius 1 is 0.290 bits per heavy atom. The van der Waals surface area contributed by atoms with Crippen molar-refractivity contribution < 1.29 is 80.2 Å². The van der Waals surface area contributed by atoms with Gasteiger partial charge in [-0.05, 0) is 37.5 Å². The van der Waals surface area contributed by atoms with Crippen LogP contribution in [0.25, 0.3) is 0 Å². The molecule has 0 aromatic carbocycles. The van der Waals surface area contributed by atoms with E-state index in [0.29, 0.717) is 31.6 Å². The minimum atomic E-state index is -4.96. The third kappa shape index (κ3) is 68.4. The van der Waals surface area contributed by atoms with Crippen LogP contribution in [0.4, 0.5) is 0 Å². The lowest BCUT2D eigenvalue weighted by Crippen LogP contribution is -2.30. The van der Waals surface area contributed by atoms with Crippen molar-refractivity contribution in [3.63, 3.8) is 0 Å². The van der Waals surface area contributed by atoms with Crippen molar-refractivity contribution in [1.82, 2.24) is 0 Å². The van der Waals surface area contributed by atoms with E-state index in [4.69, 9.17) is 37.0 Å². The van der Waals surface area contributed by atoms with E-state index in [-0.39, 0.29) is 25.7 Å². The molecule has 0 spiro atoms. The van der Waals surface area contributed by atoms with E-state index < -0.39 is 97.5 Å². The van der Waals surface area contributed by atoms with Gasteiger partial charge in [0.25, 0.3) is 0 Å². The first-order valence-corrected chi connectivity index (χ1v) is 41.5. The smallest absolute Gasteiger partial charge is 0.462 e. The van der Waals surface area contributed by atoms with E-state index in [0.717, 1.165) is 95.8 Å². The number of aliphatic hydroxyl groups excluding tert-OH is 1. The number of phosphoric acid groups is 2. The summed E-state index contributed by atoms with van der Waals surface area (Å²) in [5, 5.41) is 10.6. The Bertz CT molecular complexity index is 1800. The van der Waals surface area contributed by atoms with E-state index in [1.807, 2.05) is 0 Å².